The van der Waals surface area contributed by atoms with Gasteiger partial charge in [-0.25, -0.2) is 9.97 Å². The van der Waals surface area contributed by atoms with Crippen molar-refractivity contribution in [3.05, 3.63) is 47.9 Å². The van der Waals surface area contributed by atoms with E-state index < -0.39 is 0 Å². The van der Waals surface area contributed by atoms with Gasteiger partial charge in [0.05, 0.1) is 11.2 Å². The lowest BCUT2D eigenvalue weighted by Crippen LogP contribution is -2.42. The molecule has 4 heterocycles. The molecule has 0 radical (unpaired) electrons. The summed E-state index contributed by atoms with van der Waals surface area (Å²) in [6.45, 7) is 7.09. The first-order valence-electron chi connectivity index (χ1n) is 10.0. The number of thioether (sulfide) groups is 1. The summed E-state index contributed by atoms with van der Waals surface area (Å²) in [6, 6.07) is 5.66. The topological polar surface area (TPSA) is 97.9 Å². The zero-order chi connectivity index (χ0) is 21.1. The van der Waals surface area contributed by atoms with Crippen LogP contribution >= 0.6 is 11.8 Å². The van der Waals surface area contributed by atoms with Gasteiger partial charge < -0.3 is 9.42 Å². The molecule has 2 atom stereocenters. The Morgan fingerprint density at radius 1 is 1.27 bits per heavy atom. The fourth-order valence-corrected chi connectivity index (χ4v) is 4.56. The number of pyridine rings is 1. The number of piperidine rings is 1. The number of nitrogens with zero attached hydrogens (tertiary/aromatic N) is 6. The average Bonchev–Trinajstić information content (AvgIpc) is 3.23. The lowest BCUT2D eigenvalue weighted by molar-refractivity contribution is -0.131. The number of hydrogen-bond donors (Lipinski definition) is 0. The van der Waals surface area contributed by atoms with Crippen LogP contribution in [0.25, 0.3) is 11.4 Å². The van der Waals surface area contributed by atoms with Crippen LogP contribution in [0.1, 0.15) is 43.0 Å². The molecule has 1 aliphatic rings. The number of amides is 1. The third-order valence-electron chi connectivity index (χ3n) is 5.04. The number of rotatable bonds is 5. The summed E-state index contributed by atoms with van der Waals surface area (Å²) in [7, 11) is 0. The van der Waals surface area contributed by atoms with Crippen molar-refractivity contribution in [2.24, 2.45) is 0 Å². The van der Waals surface area contributed by atoms with E-state index in [0.29, 0.717) is 23.4 Å². The van der Waals surface area contributed by atoms with Crippen molar-refractivity contribution < 1.29 is 9.32 Å². The maximum absolute atomic E-state index is 13.1. The van der Waals surface area contributed by atoms with Crippen LogP contribution < -0.4 is 0 Å². The Kier molecular flexibility index (Phi) is 6.08. The zero-order valence-electron chi connectivity index (χ0n) is 17.3. The molecule has 8 nitrogen and oxygen atoms in total. The summed E-state index contributed by atoms with van der Waals surface area (Å²) in [5.41, 5.74) is 2.63. The van der Waals surface area contributed by atoms with Crippen LogP contribution in [0, 0.1) is 13.8 Å². The minimum atomic E-state index is -0.265. The second-order valence-electron chi connectivity index (χ2n) is 7.51. The Balaban J connectivity index is 1.42. The van der Waals surface area contributed by atoms with E-state index in [2.05, 4.69) is 25.1 Å². The van der Waals surface area contributed by atoms with Crippen molar-refractivity contribution >= 4 is 17.7 Å². The SMILES string of the molecule is Cc1cc(C)nc(S[C@@H](C)C(=O)N2CCC[C@@H](c3nc(-c4cccnc4)no3)C2)n1. The molecule has 0 aliphatic carbocycles. The molecule has 0 unspecified atom stereocenters. The smallest absolute Gasteiger partial charge is 0.235 e. The quantitative estimate of drug-likeness (QED) is 0.454. The fourth-order valence-electron chi connectivity index (χ4n) is 3.60. The third-order valence-corrected chi connectivity index (χ3v) is 5.98. The summed E-state index contributed by atoms with van der Waals surface area (Å²) < 4.78 is 5.52. The highest BCUT2D eigenvalue weighted by molar-refractivity contribution is 8.00. The van der Waals surface area contributed by atoms with Gasteiger partial charge in [0.1, 0.15) is 0 Å². The van der Waals surface area contributed by atoms with Gasteiger partial charge in [-0.15, -0.1) is 0 Å². The molecule has 0 bridgehead atoms. The molecular formula is C21H24N6O2S. The number of carbonyl (C=O) groups is 1. The van der Waals surface area contributed by atoms with Crippen LogP contribution in [-0.2, 0) is 4.79 Å². The minimum Gasteiger partial charge on any atom is -0.341 e. The highest BCUT2D eigenvalue weighted by atomic mass is 32.2. The van der Waals surface area contributed by atoms with E-state index in [1.54, 1.807) is 12.4 Å². The second kappa shape index (κ2) is 8.91. The Bertz CT molecular complexity index is 1010. The summed E-state index contributed by atoms with van der Waals surface area (Å²) in [4.78, 5) is 32.5. The highest BCUT2D eigenvalue weighted by Gasteiger charge is 2.31. The third kappa shape index (κ3) is 4.67. The largest absolute Gasteiger partial charge is 0.341 e. The lowest BCUT2D eigenvalue weighted by atomic mass is 9.97. The Morgan fingerprint density at radius 2 is 2.07 bits per heavy atom. The van der Waals surface area contributed by atoms with Crippen LogP contribution in [0.3, 0.4) is 0 Å². The summed E-state index contributed by atoms with van der Waals surface area (Å²) >= 11 is 1.40. The molecule has 0 aromatic carbocycles. The molecule has 1 saturated heterocycles. The van der Waals surface area contributed by atoms with E-state index in [0.717, 1.165) is 36.3 Å². The van der Waals surface area contributed by atoms with Crippen LogP contribution in [0.5, 0.6) is 0 Å². The standard InChI is InChI=1S/C21H24N6O2S/c1-13-10-14(2)24-21(23-13)30-15(3)20(28)27-9-5-7-17(12-27)19-25-18(26-29-19)16-6-4-8-22-11-16/h4,6,8,10-11,15,17H,5,7,9,12H2,1-3H3/t15-,17+/m0/s1. The molecule has 0 spiro atoms. The fraction of sp³-hybridized carbons (Fsp3) is 0.429. The van der Waals surface area contributed by atoms with Crippen LogP contribution in [-0.4, -0.2) is 54.2 Å². The van der Waals surface area contributed by atoms with Crippen molar-refractivity contribution in [2.75, 3.05) is 13.1 Å². The molecule has 156 valence electrons. The van der Waals surface area contributed by atoms with Crippen LogP contribution in [0.2, 0.25) is 0 Å². The zero-order valence-corrected chi connectivity index (χ0v) is 18.1. The van der Waals surface area contributed by atoms with Gasteiger partial charge in [0.15, 0.2) is 5.16 Å². The van der Waals surface area contributed by atoms with Gasteiger partial charge in [0.25, 0.3) is 0 Å². The average molecular weight is 425 g/mol. The number of hydrogen-bond acceptors (Lipinski definition) is 8. The molecule has 3 aromatic rings. The number of carbonyl (C=O) groups excluding carboxylic acids is 1. The maximum atomic E-state index is 13.1. The molecule has 9 heteroatoms. The lowest BCUT2D eigenvalue weighted by Gasteiger charge is -2.32. The molecule has 1 fully saturated rings. The molecule has 4 rings (SSSR count). The summed E-state index contributed by atoms with van der Waals surface area (Å²) in [5.74, 6) is 1.22. The Hall–Kier alpha value is -2.81. The summed E-state index contributed by atoms with van der Waals surface area (Å²) in [6.07, 6.45) is 5.23. The Morgan fingerprint density at radius 3 is 2.80 bits per heavy atom. The van der Waals surface area contributed by atoms with E-state index in [9.17, 15) is 4.79 Å². The van der Waals surface area contributed by atoms with Gasteiger partial charge in [-0.1, -0.05) is 16.9 Å². The van der Waals surface area contributed by atoms with E-state index in [-0.39, 0.29) is 17.1 Å². The van der Waals surface area contributed by atoms with E-state index >= 15 is 0 Å². The second-order valence-corrected chi connectivity index (χ2v) is 8.82. The monoisotopic (exact) mass is 424 g/mol. The Labute approximate surface area is 179 Å². The molecule has 0 N–H and O–H groups in total. The number of aromatic nitrogens is 5. The first kappa shape index (κ1) is 20.5. The summed E-state index contributed by atoms with van der Waals surface area (Å²) in [5, 5.41) is 4.46. The highest BCUT2D eigenvalue weighted by Crippen LogP contribution is 2.29. The van der Waals surface area contributed by atoms with Crippen molar-refractivity contribution in [3.8, 4) is 11.4 Å². The predicted octanol–water partition coefficient (Wildman–Crippen LogP) is 3.43. The van der Waals surface area contributed by atoms with Gasteiger partial charge in [0.2, 0.25) is 17.6 Å². The molecule has 1 aliphatic heterocycles. The predicted molar refractivity (Wildman–Crippen MR) is 113 cm³/mol. The minimum absolute atomic E-state index is 0.0373. The molecular weight excluding hydrogens is 400 g/mol. The van der Waals surface area contributed by atoms with E-state index in [1.165, 1.54) is 11.8 Å². The van der Waals surface area contributed by atoms with Gasteiger partial charge in [-0.3, -0.25) is 9.78 Å². The number of aryl methyl sites for hydroxylation is 2. The molecule has 3 aromatic heterocycles. The first-order valence-corrected chi connectivity index (χ1v) is 10.9. The van der Waals surface area contributed by atoms with Crippen molar-refractivity contribution in [1.82, 2.24) is 30.0 Å². The normalized spacial score (nSPS) is 17.7. The van der Waals surface area contributed by atoms with Crippen LogP contribution in [0.4, 0.5) is 0 Å². The van der Waals surface area contributed by atoms with Gasteiger partial charge >= 0.3 is 0 Å². The molecule has 0 saturated carbocycles. The first-order chi connectivity index (χ1) is 14.5. The van der Waals surface area contributed by atoms with Gasteiger partial charge in [0, 0.05) is 42.4 Å². The van der Waals surface area contributed by atoms with Crippen molar-refractivity contribution in [3.63, 3.8) is 0 Å². The van der Waals surface area contributed by atoms with E-state index in [1.807, 2.05) is 43.9 Å². The van der Waals surface area contributed by atoms with Gasteiger partial charge in [-0.05, 0) is 51.8 Å². The van der Waals surface area contributed by atoms with Crippen molar-refractivity contribution in [1.29, 1.82) is 0 Å². The molecule has 1 amide bonds. The van der Waals surface area contributed by atoms with Gasteiger partial charge in [-0.2, -0.15) is 4.98 Å². The van der Waals surface area contributed by atoms with E-state index in [4.69, 9.17) is 4.52 Å². The number of likely N-dealkylation sites (tertiary alicyclic amines) is 1. The maximum Gasteiger partial charge on any atom is 0.235 e. The van der Waals surface area contributed by atoms with Crippen molar-refractivity contribution in [2.45, 2.75) is 49.9 Å². The van der Waals surface area contributed by atoms with Crippen LogP contribution in [0.15, 0.2) is 40.3 Å². The molecule has 30 heavy (non-hydrogen) atoms.